The Hall–Kier alpha value is -1.94. The largest absolute Gasteiger partial charge is 0.485 e. The Morgan fingerprint density at radius 3 is 2.70 bits per heavy atom. The topological polar surface area (TPSA) is 43.4 Å². The van der Waals surface area contributed by atoms with Gasteiger partial charge in [0.15, 0.2) is 11.6 Å². The second-order valence-corrected chi connectivity index (χ2v) is 9.47. The van der Waals surface area contributed by atoms with E-state index in [-0.39, 0.29) is 29.3 Å². The number of carbonyl (C=O) groups excluding carboxylic acids is 2. The van der Waals surface area contributed by atoms with Crippen LogP contribution in [-0.2, 0) is 4.79 Å². The van der Waals surface area contributed by atoms with E-state index >= 15 is 0 Å². The third-order valence-corrected chi connectivity index (χ3v) is 8.36. The molecule has 5 rings (SSSR count). The van der Waals surface area contributed by atoms with Crippen molar-refractivity contribution >= 4 is 22.9 Å². The Morgan fingerprint density at radius 1 is 1.11 bits per heavy atom. The molecule has 0 N–H and O–H groups in total. The van der Waals surface area contributed by atoms with E-state index in [4.69, 9.17) is 4.74 Å². The average Bonchev–Trinajstić information content (AvgIpc) is 3.21. The molecule has 2 fully saturated rings. The molecule has 1 spiro atoms. The molecule has 2 aromatic rings. The van der Waals surface area contributed by atoms with Crippen molar-refractivity contribution in [3.05, 3.63) is 52.2 Å². The summed E-state index contributed by atoms with van der Waals surface area (Å²) in [5.41, 5.74) is -1.26. The van der Waals surface area contributed by atoms with Gasteiger partial charge in [-0.1, -0.05) is 31.5 Å². The zero-order chi connectivity index (χ0) is 18.8. The number of hydrogen-bond donors (Lipinski definition) is 0. The zero-order valence-corrected chi connectivity index (χ0v) is 16.6. The predicted molar refractivity (Wildman–Crippen MR) is 105 cm³/mol. The molecule has 0 saturated heterocycles. The van der Waals surface area contributed by atoms with Crippen molar-refractivity contribution in [2.24, 2.45) is 17.3 Å². The van der Waals surface area contributed by atoms with Gasteiger partial charge < -0.3 is 4.74 Å². The van der Waals surface area contributed by atoms with Crippen LogP contribution in [0.25, 0.3) is 0 Å². The van der Waals surface area contributed by atoms with Crippen molar-refractivity contribution in [2.45, 2.75) is 51.0 Å². The molecule has 5 atom stereocenters. The molecule has 2 heterocycles. The normalized spacial score (nSPS) is 37.8. The maximum Gasteiger partial charge on any atom is 0.183 e. The second kappa shape index (κ2) is 5.78. The van der Waals surface area contributed by atoms with Crippen molar-refractivity contribution in [2.75, 3.05) is 0 Å². The van der Waals surface area contributed by atoms with Gasteiger partial charge in [-0.05, 0) is 49.8 Å². The molecule has 1 aromatic heterocycles. The Morgan fingerprint density at radius 2 is 1.93 bits per heavy atom. The molecule has 1 aliphatic heterocycles. The van der Waals surface area contributed by atoms with Crippen molar-refractivity contribution in [3.63, 3.8) is 0 Å². The van der Waals surface area contributed by atoms with Crippen molar-refractivity contribution < 1.29 is 14.3 Å². The highest BCUT2D eigenvalue weighted by Crippen LogP contribution is 2.63. The zero-order valence-electron chi connectivity index (χ0n) is 15.7. The van der Waals surface area contributed by atoms with Crippen LogP contribution in [0.3, 0.4) is 0 Å². The maximum absolute atomic E-state index is 13.8. The van der Waals surface area contributed by atoms with Gasteiger partial charge in [0.1, 0.15) is 16.8 Å². The van der Waals surface area contributed by atoms with Crippen molar-refractivity contribution in [1.82, 2.24) is 0 Å². The van der Waals surface area contributed by atoms with Gasteiger partial charge in [-0.3, -0.25) is 9.59 Å². The monoisotopic (exact) mass is 380 g/mol. The molecule has 4 heteroatoms. The molecule has 0 radical (unpaired) electrons. The molecule has 3 aliphatic rings. The number of Topliss-reactive ketones (excluding diaryl/α,β-unsaturated/α-hetero) is 2. The van der Waals surface area contributed by atoms with Crippen LogP contribution in [0, 0.1) is 17.3 Å². The van der Waals surface area contributed by atoms with E-state index in [1.165, 1.54) is 4.88 Å². The third kappa shape index (κ3) is 2.02. The molecule has 0 unspecified atom stereocenters. The molecule has 27 heavy (non-hydrogen) atoms. The molecule has 2 saturated carbocycles. The standard InChI is InChI=1S/C23H24O3S/c1-14-19(18-11-7-13-27-18)16-9-5-6-12-23(16)22(2,20(14)24)21(25)15-8-3-4-10-17(15)26-23/h3-4,7-8,10-11,13-14,16,19H,5-6,9,12H2,1-2H3/t14-,16+,19-,22+,23-/m0/s1. The summed E-state index contributed by atoms with van der Waals surface area (Å²) in [4.78, 5) is 28.7. The summed E-state index contributed by atoms with van der Waals surface area (Å²) in [5, 5.41) is 2.08. The lowest BCUT2D eigenvalue weighted by atomic mass is 9.46. The lowest BCUT2D eigenvalue weighted by molar-refractivity contribution is -0.172. The molecular formula is C23H24O3S. The lowest BCUT2D eigenvalue weighted by Crippen LogP contribution is -2.71. The van der Waals surface area contributed by atoms with E-state index in [0.29, 0.717) is 11.3 Å². The van der Waals surface area contributed by atoms with E-state index in [2.05, 4.69) is 17.5 Å². The van der Waals surface area contributed by atoms with Gasteiger partial charge in [-0.2, -0.15) is 0 Å². The minimum atomic E-state index is -1.10. The highest BCUT2D eigenvalue weighted by molar-refractivity contribution is 7.10. The summed E-state index contributed by atoms with van der Waals surface area (Å²) >= 11 is 1.72. The van der Waals surface area contributed by atoms with E-state index in [0.717, 1.165) is 25.7 Å². The van der Waals surface area contributed by atoms with Crippen LogP contribution >= 0.6 is 11.3 Å². The van der Waals surface area contributed by atoms with E-state index in [1.54, 1.807) is 17.4 Å². The quantitative estimate of drug-likeness (QED) is 0.634. The van der Waals surface area contributed by atoms with Crippen LogP contribution in [0.4, 0.5) is 0 Å². The Bertz CT molecular complexity index is 917. The SMILES string of the molecule is C[C@@H]1C(=O)[C@]2(C)C(=O)c3ccccc3O[C@]23CCCC[C@@H]3[C@H]1c1cccs1. The maximum atomic E-state index is 13.8. The summed E-state index contributed by atoms with van der Waals surface area (Å²) in [5.74, 6) is 0.793. The summed E-state index contributed by atoms with van der Waals surface area (Å²) in [6, 6.07) is 11.6. The number of ketones is 2. The highest BCUT2D eigenvalue weighted by atomic mass is 32.1. The van der Waals surface area contributed by atoms with Crippen LogP contribution in [0.1, 0.15) is 60.7 Å². The Balaban J connectivity index is 1.76. The number of para-hydroxylation sites is 1. The van der Waals surface area contributed by atoms with E-state index in [1.807, 2.05) is 32.0 Å². The first-order chi connectivity index (χ1) is 13.0. The van der Waals surface area contributed by atoms with Crippen LogP contribution in [0.2, 0.25) is 0 Å². The van der Waals surface area contributed by atoms with Gasteiger partial charge in [0.05, 0.1) is 5.56 Å². The predicted octanol–water partition coefficient (Wildman–Crippen LogP) is 5.26. The molecule has 0 bridgehead atoms. The minimum Gasteiger partial charge on any atom is -0.485 e. The van der Waals surface area contributed by atoms with Crippen LogP contribution in [0.5, 0.6) is 5.75 Å². The van der Waals surface area contributed by atoms with Gasteiger partial charge >= 0.3 is 0 Å². The van der Waals surface area contributed by atoms with Crippen LogP contribution < -0.4 is 4.74 Å². The molecular weight excluding hydrogens is 356 g/mol. The Kier molecular flexibility index (Phi) is 3.68. The smallest absolute Gasteiger partial charge is 0.183 e. The van der Waals surface area contributed by atoms with Crippen molar-refractivity contribution in [1.29, 1.82) is 0 Å². The molecule has 140 valence electrons. The fraction of sp³-hybridized carbons (Fsp3) is 0.478. The number of benzene rings is 1. The first kappa shape index (κ1) is 17.2. The number of ether oxygens (including phenoxy) is 1. The number of hydrogen-bond acceptors (Lipinski definition) is 4. The molecule has 1 aromatic carbocycles. The fourth-order valence-corrected chi connectivity index (χ4v) is 7.10. The summed E-state index contributed by atoms with van der Waals surface area (Å²) in [6.07, 6.45) is 3.91. The van der Waals surface area contributed by atoms with Crippen LogP contribution in [-0.4, -0.2) is 17.2 Å². The number of rotatable bonds is 1. The first-order valence-corrected chi connectivity index (χ1v) is 10.8. The number of fused-ring (bicyclic) bond motifs is 1. The third-order valence-electron chi connectivity index (χ3n) is 7.39. The molecule has 3 nitrogen and oxygen atoms in total. The second-order valence-electron chi connectivity index (χ2n) is 8.49. The van der Waals surface area contributed by atoms with Gasteiger partial charge in [-0.15, -0.1) is 11.3 Å². The summed E-state index contributed by atoms with van der Waals surface area (Å²) < 4.78 is 6.71. The first-order valence-electron chi connectivity index (χ1n) is 9.91. The van der Waals surface area contributed by atoms with E-state index < -0.39 is 11.0 Å². The Labute approximate surface area is 163 Å². The van der Waals surface area contributed by atoms with Crippen LogP contribution in [0.15, 0.2) is 41.8 Å². The number of thiophene rings is 1. The van der Waals surface area contributed by atoms with Gasteiger partial charge in [-0.25, -0.2) is 0 Å². The van der Waals surface area contributed by atoms with Crippen molar-refractivity contribution in [3.8, 4) is 5.75 Å². The molecule has 2 aliphatic carbocycles. The summed E-state index contributed by atoms with van der Waals surface area (Å²) in [7, 11) is 0. The van der Waals surface area contributed by atoms with Gasteiger partial charge in [0, 0.05) is 22.6 Å². The van der Waals surface area contributed by atoms with E-state index in [9.17, 15) is 9.59 Å². The highest BCUT2D eigenvalue weighted by Gasteiger charge is 2.71. The minimum absolute atomic E-state index is 0.0438. The summed E-state index contributed by atoms with van der Waals surface area (Å²) in [6.45, 7) is 3.89. The fourth-order valence-electron chi connectivity index (χ4n) is 6.10. The molecule has 0 amide bonds. The van der Waals surface area contributed by atoms with Gasteiger partial charge in [0.25, 0.3) is 0 Å². The number of carbonyl (C=O) groups is 2. The average molecular weight is 381 g/mol. The lowest BCUT2D eigenvalue weighted by Gasteiger charge is -2.61. The van der Waals surface area contributed by atoms with Gasteiger partial charge in [0.2, 0.25) is 0 Å².